The zero-order chi connectivity index (χ0) is 24.2. The summed E-state index contributed by atoms with van der Waals surface area (Å²) in [5, 5.41) is 0. The summed E-state index contributed by atoms with van der Waals surface area (Å²) in [6.45, 7) is 1.90. The lowest BCUT2D eigenvalue weighted by atomic mass is 10.1. The molecular weight excluding hydrogens is 442 g/mol. The molecule has 0 aliphatic carbocycles. The van der Waals surface area contributed by atoms with Crippen molar-refractivity contribution in [1.82, 2.24) is 9.55 Å². The Morgan fingerprint density at radius 2 is 1.66 bits per heavy atom. The van der Waals surface area contributed by atoms with Crippen LogP contribution in [0.2, 0.25) is 0 Å². The van der Waals surface area contributed by atoms with Gasteiger partial charge in [-0.15, -0.1) is 0 Å². The zero-order valence-corrected chi connectivity index (χ0v) is 20.0. The first kappa shape index (κ1) is 22.8. The van der Waals surface area contributed by atoms with Crippen LogP contribution in [-0.4, -0.2) is 42.8 Å². The van der Waals surface area contributed by atoms with E-state index in [0.29, 0.717) is 19.6 Å². The highest BCUT2D eigenvalue weighted by Gasteiger charge is 2.34. The van der Waals surface area contributed by atoms with Gasteiger partial charge < -0.3 is 23.7 Å². The summed E-state index contributed by atoms with van der Waals surface area (Å²) in [7, 11) is 3.28. The summed E-state index contributed by atoms with van der Waals surface area (Å²) in [5.41, 5.74) is 2.91. The Balaban J connectivity index is 1.33. The van der Waals surface area contributed by atoms with Crippen LogP contribution in [0.15, 0.2) is 72.8 Å². The van der Waals surface area contributed by atoms with E-state index in [-0.39, 0.29) is 11.8 Å². The van der Waals surface area contributed by atoms with Gasteiger partial charge in [0, 0.05) is 31.1 Å². The first-order chi connectivity index (χ1) is 17.2. The van der Waals surface area contributed by atoms with Crippen LogP contribution in [0, 0.1) is 0 Å². The molecule has 1 fully saturated rings. The number of ether oxygens (including phenoxy) is 3. The normalized spacial score (nSPS) is 15.5. The maximum absolute atomic E-state index is 12.9. The van der Waals surface area contributed by atoms with Crippen molar-refractivity contribution in [2.45, 2.75) is 25.3 Å². The monoisotopic (exact) mass is 471 g/mol. The lowest BCUT2D eigenvalue weighted by Gasteiger charge is -2.18. The molecule has 1 aromatic heterocycles. The van der Waals surface area contributed by atoms with Crippen molar-refractivity contribution >= 4 is 22.6 Å². The average molecular weight is 472 g/mol. The van der Waals surface area contributed by atoms with Crippen LogP contribution in [0.4, 0.5) is 5.69 Å². The largest absolute Gasteiger partial charge is 0.497 e. The minimum atomic E-state index is 0.0205. The molecule has 0 saturated carbocycles. The minimum absolute atomic E-state index is 0.0205. The SMILES string of the molecule is COc1ccc(N2C[C@@H](c3nc4ccccc4n3CCCOc3ccccc3OC)CC2=O)cc1. The fraction of sp³-hybridized carbons (Fsp3) is 0.286. The highest BCUT2D eigenvalue weighted by Crippen LogP contribution is 2.34. The molecule has 7 nitrogen and oxygen atoms in total. The molecule has 1 amide bonds. The molecule has 1 atom stereocenters. The molecule has 7 heteroatoms. The van der Waals surface area contributed by atoms with E-state index in [1.54, 1.807) is 14.2 Å². The first-order valence-corrected chi connectivity index (χ1v) is 11.8. The number of amides is 1. The molecule has 0 unspecified atom stereocenters. The molecule has 3 aromatic carbocycles. The Morgan fingerprint density at radius 3 is 2.43 bits per heavy atom. The maximum atomic E-state index is 12.9. The Kier molecular flexibility index (Phi) is 6.57. The van der Waals surface area contributed by atoms with Crippen LogP contribution in [0.3, 0.4) is 0 Å². The van der Waals surface area contributed by atoms with Gasteiger partial charge in [0.15, 0.2) is 11.5 Å². The van der Waals surface area contributed by atoms with Crippen LogP contribution in [-0.2, 0) is 11.3 Å². The second kappa shape index (κ2) is 10.1. The number of anilines is 1. The van der Waals surface area contributed by atoms with Crippen molar-refractivity contribution < 1.29 is 19.0 Å². The summed E-state index contributed by atoms with van der Waals surface area (Å²) in [5.74, 6) is 3.32. The summed E-state index contributed by atoms with van der Waals surface area (Å²) in [6, 6.07) is 23.4. The number of hydrogen-bond donors (Lipinski definition) is 0. The van der Waals surface area contributed by atoms with Crippen molar-refractivity contribution in [3.05, 3.63) is 78.6 Å². The summed E-state index contributed by atoms with van der Waals surface area (Å²) in [6.07, 6.45) is 1.24. The minimum Gasteiger partial charge on any atom is -0.497 e. The van der Waals surface area contributed by atoms with Gasteiger partial charge in [0.1, 0.15) is 11.6 Å². The predicted octanol–water partition coefficient (Wildman–Crippen LogP) is 5.04. The Morgan fingerprint density at radius 1 is 0.914 bits per heavy atom. The second-order valence-electron chi connectivity index (χ2n) is 8.57. The molecule has 0 N–H and O–H groups in total. The number of hydrogen-bond acceptors (Lipinski definition) is 5. The van der Waals surface area contributed by atoms with E-state index in [4.69, 9.17) is 19.2 Å². The van der Waals surface area contributed by atoms with E-state index in [1.165, 1.54) is 0 Å². The number of carbonyl (C=O) groups is 1. The molecule has 1 aliphatic heterocycles. The van der Waals surface area contributed by atoms with E-state index >= 15 is 0 Å². The second-order valence-corrected chi connectivity index (χ2v) is 8.57. The molecule has 4 aromatic rings. The van der Waals surface area contributed by atoms with Gasteiger partial charge in [-0.05, 0) is 55.0 Å². The molecule has 1 saturated heterocycles. The van der Waals surface area contributed by atoms with Gasteiger partial charge in [0.25, 0.3) is 0 Å². The van der Waals surface area contributed by atoms with Crippen LogP contribution < -0.4 is 19.1 Å². The number of imidazole rings is 1. The number of benzene rings is 3. The number of aryl methyl sites for hydroxylation is 1. The van der Waals surface area contributed by atoms with Crippen LogP contribution in [0.5, 0.6) is 17.2 Å². The molecule has 35 heavy (non-hydrogen) atoms. The van der Waals surface area contributed by atoms with Gasteiger partial charge in [-0.3, -0.25) is 4.79 Å². The topological polar surface area (TPSA) is 65.8 Å². The number of fused-ring (bicyclic) bond motifs is 1. The predicted molar refractivity (Wildman–Crippen MR) is 136 cm³/mol. The Hall–Kier alpha value is -4.00. The highest BCUT2D eigenvalue weighted by atomic mass is 16.5. The Bertz CT molecular complexity index is 1320. The van der Waals surface area contributed by atoms with E-state index in [1.807, 2.05) is 71.6 Å². The number of methoxy groups -OCH3 is 2. The van der Waals surface area contributed by atoms with E-state index in [2.05, 4.69) is 10.6 Å². The van der Waals surface area contributed by atoms with Gasteiger partial charge in [-0.2, -0.15) is 0 Å². The number of aromatic nitrogens is 2. The van der Waals surface area contributed by atoms with Gasteiger partial charge in [-0.1, -0.05) is 24.3 Å². The molecule has 2 heterocycles. The number of carbonyl (C=O) groups excluding carboxylic acids is 1. The third kappa shape index (κ3) is 4.67. The van der Waals surface area contributed by atoms with Crippen molar-refractivity contribution in [2.75, 3.05) is 32.3 Å². The maximum Gasteiger partial charge on any atom is 0.227 e. The van der Waals surface area contributed by atoms with Crippen molar-refractivity contribution in [3.8, 4) is 17.2 Å². The van der Waals surface area contributed by atoms with Crippen molar-refractivity contribution in [1.29, 1.82) is 0 Å². The Labute approximate surface area is 204 Å². The molecular formula is C28H29N3O4. The average Bonchev–Trinajstić information content (AvgIpc) is 3.47. The van der Waals surface area contributed by atoms with Crippen molar-refractivity contribution in [2.24, 2.45) is 0 Å². The lowest BCUT2D eigenvalue weighted by molar-refractivity contribution is -0.117. The summed E-state index contributed by atoms with van der Waals surface area (Å²) < 4.78 is 18.9. The molecule has 180 valence electrons. The summed E-state index contributed by atoms with van der Waals surface area (Å²) in [4.78, 5) is 19.7. The third-order valence-electron chi connectivity index (χ3n) is 6.41. The van der Waals surface area contributed by atoms with Gasteiger partial charge in [0.05, 0.1) is 31.9 Å². The van der Waals surface area contributed by atoms with Gasteiger partial charge >= 0.3 is 0 Å². The number of para-hydroxylation sites is 4. The number of nitrogens with zero attached hydrogens (tertiary/aromatic N) is 3. The third-order valence-corrected chi connectivity index (χ3v) is 6.41. The van der Waals surface area contributed by atoms with Crippen molar-refractivity contribution in [3.63, 3.8) is 0 Å². The molecule has 5 rings (SSSR count). The fourth-order valence-electron chi connectivity index (χ4n) is 4.68. The van der Waals surface area contributed by atoms with Crippen LogP contribution in [0.1, 0.15) is 24.6 Å². The lowest BCUT2D eigenvalue weighted by Crippen LogP contribution is -2.24. The highest BCUT2D eigenvalue weighted by molar-refractivity contribution is 5.96. The molecule has 0 radical (unpaired) electrons. The van der Waals surface area contributed by atoms with Gasteiger partial charge in [-0.25, -0.2) is 4.98 Å². The molecule has 1 aliphatic rings. The quantitative estimate of drug-likeness (QED) is 0.320. The van der Waals surface area contributed by atoms with E-state index < -0.39 is 0 Å². The standard InChI is InChI=1S/C28H29N3O4/c1-33-22-14-12-21(13-15-22)31-19-20(18-27(31)32)28-29-23-8-3-4-9-24(23)30(28)16-7-17-35-26-11-6-5-10-25(26)34-2/h3-6,8-15,20H,7,16-19H2,1-2H3/t20-/m0/s1. The smallest absolute Gasteiger partial charge is 0.227 e. The summed E-state index contributed by atoms with van der Waals surface area (Å²) >= 11 is 0. The van der Waals surface area contributed by atoms with E-state index in [0.717, 1.165) is 52.8 Å². The van der Waals surface area contributed by atoms with Crippen LogP contribution >= 0.6 is 0 Å². The number of rotatable bonds is 9. The van der Waals surface area contributed by atoms with E-state index in [9.17, 15) is 4.79 Å². The molecule has 0 bridgehead atoms. The van der Waals surface area contributed by atoms with Gasteiger partial charge in [0.2, 0.25) is 5.91 Å². The van der Waals surface area contributed by atoms with Crippen LogP contribution in [0.25, 0.3) is 11.0 Å². The zero-order valence-electron chi connectivity index (χ0n) is 20.0. The first-order valence-electron chi connectivity index (χ1n) is 11.8. The molecule has 0 spiro atoms. The fourth-order valence-corrected chi connectivity index (χ4v) is 4.68.